The van der Waals surface area contributed by atoms with E-state index in [1.54, 1.807) is 0 Å². The summed E-state index contributed by atoms with van der Waals surface area (Å²) in [5.41, 5.74) is 5.97. The molecule has 20 heavy (non-hydrogen) atoms. The third kappa shape index (κ3) is 3.17. The van der Waals surface area contributed by atoms with Crippen LogP contribution in [0.25, 0.3) is 0 Å². The quantitative estimate of drug-likeness (QED) is 0.786. The maximum Gasteiger partial charge on any atom is 0.312 e. The van der Waals surface area contributed by atoms with E-state index in [9.17, 15) is 4.79 Å². The highest BCUT2D eigenvalue weighted by Crippen LogP contribution is 2.41. The third-order valence-electron chi connectivity index (χ3n) is 5.16. The maximum atomic E-state index is 12.4. The van der Waals surface area contributed by atoms with Gasteiger partial charge in [0, 0.05) is 12.1 Å². The molecule has 0 radical (unpaired) electrons. The summed E-state index contributed by atoms with van der Waals surface area (Å²) in [4.78, 5) is 15.0. The fourth-order valence-corrected chi connectivity index (χ4v) is 4.17. The Kier molecular flexibility index (Phi) is 5.85. The minimum absolute atomic E-state index is 0.0281. The molecule has 1 saturated carbocycles. The van der Waals surface area contributed by atoms with Gasteiger partial charge in [0.1, 0.15) is 0 Å². The van der Waals surface area contributed by atoms with E-state index in [4.69, 9.17) is 10.5 Å². The Morgan fingerprint density at radius 1 is 1.15 bits per heavy atom. The van der Waals surface area contributed by atoms with Gasteiger partial charge in [-0.3, -0.25) is 9.69 Å². The van der Waals surface area contributed by atoms with E-state index >= 15 is 0 Å². The zero-order chi connectivity index (χ0) is 14.4. The lowest BCUT2D eigenvalue weighted by molar-refractivity contribution is -0.156. The van der Waals surface area contributed by atoms with Gasteiger partial charge in [0.15, 0.2) is 0 Å². The second-order valence-corrected chi connectivity index (χ2v) is 6.25. The van der Waals surface area contributed by atoms with Crippen LogP contribution in [0, 0.1) is 5.92 Å². The minimum Gasteiger partial charge on any atom is -0.466 e. The second kappa shape index (κ2) is 7.41. The van der Waals surface area contributed by atoms with E-state index in [2.05, 4.69) is 4.90 Å². The van der Waals surface area contributed by atoms with Crippen molar-refractivity contribution in [3.8, 4) is 0 Å². The molecule has 4 nitrogen and oxygen atoms in total. The molecule has 2 N–H and O–H groups in total. The lowest BCUT2D eigenvalue weighted by Crippen LogP contribution is -2.60. The van der Waals surface area contributed by atoms with Crippen molar-refractivity contribution in [1.82, 2.24) is 4.90 Å². The van der Waals surface area contributed by atoms with Crippen LogP contribution in [-0.4, -0.2) is 42.6 Å². The molecule has 0 aromatic rings. The summed E-state index contributed by atoms with van der Waals surface area (Å²) in [6, 6.07) is 0. The number of carbonyl (C=O) groups excluding carboxylic acids is 1. The fourth-order valence-electron chi connectivity index (χ4n) is 4.17. The first kappa shape index (κ1) is 15.8. The molecule has 0 bridgehead atoms. The molecular formula is C16H30N2O2. The first-order valence-corrected chi connectivity index (χ1v) is 8.36. The van der Waals surface area contributed by atoms with Crippen LogP contribution < -0.4 is 5.73 Å². The zero-order valence-electron chi connectivity index (χ0n) is 12.9. The Morgan fingerprint density at radius 3 is 2.30 bits per heavy atom. The van der Waals surface area contributed by atoms with E-state index in [1.165, 1.54) is 38.5 Å². The summed E-state index contributed by atoms with van der Waals surface area (Å²) in [7, 11) is 0. The van der Waals surface area contributed by atoms with Gasteiger partial charge in [0.05, 0.1) is 12.5 Å². The van der Waals surface area contributed by atoms with Crippen LogP contribution in [0.2, 0.25) is 0 Å². The Morgan fingerprint density at radius 2 is 1.75 bits per heavy atom. The molecule has 1 aliphatic carbocycles. The summed E-state index contributed by atoms with van der Waals surface area (Å²) >= 11 is 0. The van der Waals surface area contributed by atoms with Crippen LogP contribution in [0.15, 0.2) is 0 Å². The van der Waals surface area contributed by atoms with E-state index in [0.29, 0.717) is 13.2 Å². The lowest BCUT2D eigenvalue weighted by atomic mass is 9.70. The van der Waals surface area contributed by atoms with Crippen molar-refractivity contribution in [2.45, 2.75) is 63.8 Å². The molecule has 1 saturated heterocycles. The van der Waals surface area contributed by atoms with E-state index in [1.807, 2.05) is 6.92 Å². The SMILES string of the molecule is CCOC(=O)C(CN)C1(N2CCCCC2)CCCCC1. The van der Waals surface area contributed by atoms with Crippen molar-refractivity contribution in [3.05, 3.63) is 0 Å². The summed E-state index contributed by atoms with van der Waals surface area (Å²) in [5, 5.41) is 0. The molecule has 2 aliphatic rings. The molecule has 1 aliphatic heterocycles. The Balaban J connectivity index is 2.21. The van der Waals surface area contributed by atoms with Crippen molar-refractivity contribution >= 4 is 5.97 Å². The number of hydrogen-bond acceptors (Lipinski definition) is 4. The van der Waals surface area contributed by atoms with Crippen LogP contribution in [0.4, 0.5) is 0 Å². The highest BCUT2D eigenvalue weighted by atomic mass is 16.5. The molecule has 2 rings (SSSR count). The Hall–Kier alpha value is -0.610. The molecule has 0 amide bonds. The monoisotopic (exact) mass is 282 g/mol. The van der Waals surface area contributed by atoms with Gasteiger partial charge < -0.3 is 10.5 Å². The van der Waals surface area contributed by atoms with Crippen molar-refractivity contribution in [2.24, 2.45) is 11.7 Å². The molecule has 0 aromatic carbocycles. The Labute approximate surface area is 123 Å². The van der Waals surface area contributed by atoms with Crippen molar-refractivity contribution < 1.29 is 9.53 Å². The number of rotatable bonds is 5. The lowest BCUT2D eigenvalue weighted by Gasteiger charge is -2.51. The number of piperidine rings is 1. The molecule has 0 spiro atoms. The molecule has 2 fully saturated rings. The van der Waals surface area contributed by atoms with Gasteiger partial charge in [-0.05, 0) is 45.7 Å². The normalized spacial score (nSPS) is 25.1. The van der Waals surface area contributed by atoms with E-state index in [-0.39, 0.29) is 17.4 Å². The maximum absolute atomic E-state index is 12.4. The van der Waals surface area contributed by atoms with Gasteiger partial charge in [0.2, 0.25) is 0 Å². The number of likely N-dealkylation sites (tertiary alicyclic amines) is 1. The molecular weight excluding hydrogens is 252 g/mol. The summed E-state index contributed by atoms with van der Waals surface area (Å²) in [5.74, 6) is -0.233. The van der Waals surface area contributed by atoms with Gasteiger partial charge in [-0.1, -0.05) is 25.7 Å². The van der Waals surface area contributed by atoms with Crippen molar-refractivity contribution in [3.63, 3.8) is 0 Å². The summed E-state index contributed by atoms with van der Waals surface area (Å²) in [6.45, 7) is 4.98. The van der Waals surface area contributed by atoms with Gasteiger partial charge in [0.25, 0.3) is 0 Å². The molecule has 4 heteroatoms. The first-order chi connectivity index (χ1) is 9.74. The van der Waals surface area contributed by atoms with Crippen LogP contribution in [0.5, 0.6) is 0 Å². The fraction of sp³-hybridized carbons (Fsp3) is 0.938. The molecule has 0 aromatic heterocycles. The number of esters is 1. The van der Waals surface area contributed by atoms with Gasteiger partial charge in [-0.2, -0.15) is 0 Å². The average Bonchev–Trinajstić information content (AvgIpc) is 2.50. The number of nitrogens with zero attached hydrogens (tertiary/aromatic N) is 1. The predicted octanol–water partition coefficient (Wildman–Crippen LogP) is 2.31. The average molecular weight is 282 g/mol. The predicted molar refractivity (Wildman–Crippen MR) is 80.4 cm³/mol. The van der Waals surface area contributed by atoms with Crippen LogP contribution in [0.1, 0.15) is 58.3 Å². The van der Waals surface area contributed by atoms with E-state index in [0.717, 1.165) is 25.9 Å². The zero-order valence-corrected chi connectivity index (χ0v) is 12.9. The van der Waals surface area contributed by atoms with Crippen LogP contribution in [-0.2, 0) is 9.53 Å². The number of hydrogen-bond donors (Lipinski definition) is 1. The van der Waals surface area contributed by atoms with Crippen molar-refractivity contribution in [1.29, 1.82) is 0 Å². The number of ether oxygens (including phenoxy) is 1. The van der Waals surface area contributed by atoms with Crippen LogP contribution in [0.3, 0.4) is 0 Å². The molecule has 1 heterocycles. The molecule has 116 valence electrons. The highest BCUT2D eigenvalue weighted by molar-refractivity contribution is 5.74. The molecule has 1 unspecified atom stereocenters. The summed E-state index contributed by atoms with van der Waals surface area (Å²) < 4.78 is 5.32. The minimum atomic E-state index is -0.152. The van der Waals surface area contributed by atoms with Gasteiger partial charge in [-0.15, -0.1) is 0 Å². The van der Waals surface area contributed by atoms with Crippen LogP contribution >= 0.6 is 0 Å². The smallest absolute Gasteiger partial charge is 0.312 e. The van der Waals surface area contributed by atoms with Gasteiger partial charge >= 0.3 is 5.97 Å². The molecule has 1 atom stereocenters. The largest absolute Gasteiger partial charge is 0.466 e. The van der Waals surface area contributed by atoms with E-state index < -0.39 is 0 Å². The number of nitrogens with two attached hydrogens (primary N) is 1. The topological polar surface area (TPSA) is 55.6 Å². The first-order valence-electron chi connectivity index (χ1n) is 8.36. The highest BCUT2D eigenvalue weighted by Gasteiger charge is 2.47. The second-order valence-electron chi connectivity index (χ2n) is 6.25. The van der Waals surface area contributed by atoms with Gasteiger partial charge in [-0.25, -0.2) is 0 Å². The third-order valence-corrected chi connectivity index (χ3v) is 5.16. The van der Waals surface area contributed by atoms with Crippen molar-refractivity contribution in [2.75, 3.05) is 26.2 Å². The standard InChI is InChI=1S/C16H30N2O2/c1-2-20-15(19)14(13-17)16(9-5-3-6-10-16)18-11-7-4-8-12-18/h14H,2-13,17H2,1H3. The Bertz CT molecular complexity index is 308. The number of carbonyl (C=O) groups is 1. The summed E-state index contributed by atoms with van der Waals surface area (Å²) in [6.07, 6.45) is 9.75.